The number of carbonyl (C=O) groups is 4. The number of hydrogen-bond acceptors (Lipinski definition) is 9. The maximum Gasteiger partial charge on any atom is 0.347 e. The third-order valence-corrected chi connectivity index (χ3v) is 7.44. The van der Waals surface area contributed by atoms with Gasteiger partial charge in [-0.1, -0.05) is 51.4 Å². The second kappa shape index (κ2) is 17.4. The number of unbranched alkanes of at least 4 members (excludes halogenated alkanes) is 9. The molecule has 1 aliphatic rings. The molecule has 0 bridgehead atoms. The summed E-state index contributed by atoms with van der Waals surface area (Å²) in [5.41, 5.74) is 0.822. The van der Waals surface area contributed by atoms with Crippen molar-refractivity contribution in [2.45, 2.75) is 90.3 Å². The van der Waals surface area contributed by atoms with Crippen LogP contribution in [0.25, 0.3) is 0 Å². The number of rotatable bonds is 19. The number of esters is 2. The highest BCUT2D eigenvalue weighted by atomic mass is 16.6. The molecule has 0 heterocycles. The number of methoxy groups -OCH3 is 2. The zero-order valence-electron chi connectivity index (χ0n) is 25.8. The van der Waals surface area contributed by atoms with E-state index in [1.54, 1.807) is 20.1 Å². The normalized spacial score (nSPS) is 13.5. The van der Waals surface area contributed by atoms with E-state index in [-0.39, 0.29) is 39.6 Å². The molecule has 9 heteroatoms. The molecule has 1 aliphatic carbocycles. The van der Waals surface area contributed by atoms with E-state index in [2.05, 4.69) is 4.74 Å². The summed E-state index contributed by atoms with van der Waals surface area (Å²) in [5, 5.41) is 0. The largest absolute Gasteiger partial charge is 0.479 e. The van der Waals surface area contributed by atoms with Gasteiger partial charge in [0.05, 0.1) is 13.7 Å². The Kier molecular flexibility index (Phi) is 13.7. The summed E-state index contributed by atoms with van der Waals surface area (Å²) >= 11 is 0. The Morgan fingerprint density at radius 1 is 0.581 bits per heavy atom. The first-order chi connectivity index (χ1) is 20.8. The van der Waals surface area contributed by atoms with Crippen molar-refractivity contribution in [2.75, 3.05) is 27.4 Å². The summed E-state index contributed by atoms with van der Waals surface area (Å²) in [5.74, 6) is -1.17. The van der Waals surface area contributed by atoms with Crippen molar-refractivity contribution < 1.29 is 42.9 Å². The molecule has 3 rings (SSSR count). The first kappa shape index (κ1) is 33.8. The van der Waals surface area contributed by atoms with Gasteiger partial charge in [0, 0.05) is 36.0 Å². The van der Waals surface area contributed by atoms with Crippen molar-refractivity contribution >= 4 is 23.5 Å². The highest BCUT2D eigenvalue weighted by Crippen LogP contribution is 2.32. The summed E-state index contributed by atoms with van der Waals surface area (Å²) < 4.78 is 26.4. The first-order valence-corrected chi connectivity index (χ1v) is 15.2. The second-order valence-corrected chi connectivity index (χ2v) is 10.8. The number of fused-ring (bicyclic) bond motifs is 2. The first-order valence-electron chi connectivity index (χ1n) is 15.2. The second-order valence-electron chi connectivity index (χ2n) is 10.8. The molecule has 2 aromatic carbocycles. The van der Waals surface area contributed by atoms with E-state index in [4.69, 9.17) is 18.9 Å². The minimum absolute atomic E-state index is 0.186. The lowest BCUT2D eigenvalue weighted by Crippen LogP contribution is -2.27. The number of ether oxygens (including phenoxy) is 5. The Balaban J connectivity index is 1.43. The Labute approximate surface area is 254 Å². The van der Waals surface area contributed by atoms with Crippen molar-refractivity contribution in [3.63, 3.8) is 0 Å². The summed E-state index contributed by atoms with van der Waals surface area (Å²) in [7, 11) is 3.00. The lowest BCUT2D eigenvalue weighted by atomic mass is 9.84. The SMILES string of the molecule is COCCCCCCCCCCCCOC(=O)C(C)Oc1ccc2c(c1)C(=O)c1ccc(OC(C)C(=O)OC)cc1C2=O. The van der Waals surface area contributed by atoms with Gasteiger partial charge in [-0.15, -0.1) is 0 Å². The molecule has 2 atom stereocenters. The van der Waals surface area contributed by atoms with E-state index < -0.39 is 24.1 Å². The van der Waals surface area contributed by atoms with Gasteiger partial charge < -0.3 is 23.7 Å². The predicted molar refractivity (Wildman–Crippen MR) is 161 cm³/mol. The van der Waals surface area contributed by atoms with E-state index in [1.165, 1.54) is 82.9 Å². The number of ketones is 2. The molecule has 0 N–H and O–H groups in total. The molecule has 9 nitrogen and oxygen atoms in total. The van der Waals surface area contributed by atoms with E-state index in [1.807, 2.05) is 0 Å². The maximum absolute atomic E-state index is 13.2. The summed E-state index contributed by atoms with van der Waals surface area (Å²) in [6, 6.07) is 9.02. The summed E-state index contributed by atoms with van der Waals surface area (Å²) in [4.78, 5) is 50.6. The van der Waals surface area contributed by atoms with Crippen molar-refractivity contribution in [1.82, 2.24) is 0 Å². The molecule has 0 fully saturated rings. The highest BCUT2D eigenvalue weighted by molar-refractivity contribution is 6.28. The topological polar surface area (TPSA) is 114 Å². The van der Waals surface area contributed by atoms with Gasteiger partial charge in [0.25, 0.3) is 0 Å². The van der Waals surface area contributed by atoms with Gasteiger partial charge in [-0.05, 0) is 63.1 Å². The smallest absolute Gasteiger partial charge is 0.347 e. The van der Waals surface area contributed by atoms with Crippen LogP contribution < -0.4 is 9.47 Å². The van der Waals surface area contributed by atoms with Crippen LogP contribution in [0.5, 0.6) is 11.5 Å². The van der Waals surface area contributed by atoms with E-state index in [9.17, 15) is 19.2 Å². The zero-order valence-corrected chi connectivity index (χ0v) is 25.8. The van der Waals surface area contributed by atoms with Crippen LogP contribution >= 0.6 is 0 Å². The van der Waals surface area contributed by atoms with Crippen molar-refractivity contribution in [2.24, 2.45) is 0 Å². The standard InChI is InChI=1S/C34H44O9/c1-23(33(37)40-4)42-25-15-17-27-29(21-25)31(35)28-18-16-26(22-30(28)32(27)36)43-24(2)34(38)41-20-14-12-10-8-6-5-7-9-11-13-19-39-3/h15-18,21-24H,5-14,19-20H2,1-4H3. The van der Waals surface area contributed by atoms with Gasteiger partial charge in [-0.3, -0.25) is 9.59 Å². The molecule has 0 radical (unpaired) electrons. The monoisotopic (exact) mass is 596 g/mol. The lowest BCUT2D eigenvalue weighted by molar-refractivity contribution is -0.151. The molecular formula is C34H44O9. The van der Waals surface area contributed by atoms with E-state index in [0.29, 0.717) is 12.4 Å². The van der Waals surface area contributed by atoms with Gasteiger partial charge in [-0.2, -0.15) is 0 Å². The number of carbonyl (C=O) groups excluding carboxylic acids is 4. The molecule has 234 valence electrons. The fraction of sp³-hybridized carbons (Fsp3) is 0.529. The zero-order chi connectivity index (χ0) is 31.2. The van der Waals surface area contributed by atoms with E-state index >= 15 is 0 Å². The number of benzene rings is 2. The molecule has 0 saturated heterocycles. The fourth-order valence-electron chi connectivity index (χ4n) is 4.98. The molecule has 2 aromatic rings. The summed E-state index contributed by atoms with van der Waals surface area (Å²) in [6.45, 7) is 4.31. The van der Waals surface area contributed by atoms with Crippen LogP contribution in [0.4, 0.5) is 0 Å². The van der Waals surface area contributed by atoms with Crippen LogP contribution in [0, 0.1) is 0 Å². The molecule has 0 aromatic heterocycles. The minimum atomic E-state index is -0.875. The molecule has 0 amide bonds. The van der Waals surface area contributed by atoms with Crippen LogP contribution in [0.2, 0.25) is 0 Å². The van der Waals surface area contributed by atoms with Crippen LogP contribution in [0.15, 0.2) is 36.4 Å². The quantitative estimate of drug-likeness (QED) is 0.117. The molecule has 0 aliphatic heterocycles. The number of hydrogen-bond donors (Lipinski definition) is 0. The molecule has 43 heavy (non-hydrogen) atoms. The minimum Gasteiger partial charge on any atom is -0.479 e. The van der Waals surface area contributed by atoms with Crippen LogP contribution in [0.3, 0.4) is 0 Å². The van der Waals surface area contributed by atoms with Crippen molar-refractivity contribution in [1.29, 1.82) is 0 Å². The van der Waals surface area contributed by atoms with Crippen molar-refractivity contribution in [3.05, 3.63) is 58.7 Å². The van der Waals surface area contributed by atoms with Gasteiger partial charge >= 0.3 is 11.9 Å². The predicted octanol–water partition coefficient (Wildman–Crippen LogP) is 6.26. The average Bonchev–Trinajstić information content (AvgIpc) is 3.01. The van der Waals surface area contributed by atoms with Crippen molar-refractivity contribution in [3.8, 4) is 11.5 Å². The highest BCUT2D eigenvalue weighted by Gasteiger charge is 2.31. The molecule has 2 unspecified atom stereocenters. The van der Waals surface area contributed by atoms with E-state index in [0.717, 1.165) is 32.3 Å². The Morgan fingerprint density at radius 2 is 1.00 bits per heavy atom. The fourth-order valence-corrected chi connectivity index (χ4v) is 4.98. The average molecular weight is 597 g/mol. The van der Waals surface area contributed by atoms with Gasteiger partial charge in [-0.25, -0.2) is 9.59 Å². The third kappa shape index (κ3) is 9.92. The van der Waals surface area contributed by atoms with Gasteiger partial charge in [0.2, 0.25) is 0 Å². The Hall–Kier alpha value is -3.72. The lowest BCUT2D eigenvalue weighted by Gasteiger charge is -2.21. The Morgan fingerprint density at radius 3 is 1.44 bits per heavy atom. The van der Waals surface area contributed by atoms with Crippen LogP contribution in [-0.2, 0) is 23.8 Å². The Bertz CT molecular complexity index is 1250. The van der Waals surface area contributed by atoms with Gasteiger partial charge in [0.1, 0.15) is 11.5 Å². The van der Waals surface area contributed by atoms with Gasteiger partial charge in [0.15, 0.2) is 23.8 Å². The maximum atomic E-state index is 13.2. The molecule has 0 saturated carbocycles. The van der Waals surface area contributed by atoms with Crippen LogP contribution in [0.1, 0.15) is 110 Å². The van der Waals surface area contributed by atoms with Crippen LogP contribution in [-0.4, -0.2) is 63.1 Å². The third-order valence-electron chi connectivity index (χ3n) is 7.44. The summed E-state index contributed by atoms with van der Waals surface area (Å²) in [6.07, 6.45) is 9.80. The molecular weight excluding hydrogens is 552 g/mol. The molecule has 0 spiro atoms.